The molecule has 2 nitrogen and oxygen atoms in total. The van der Waals surface area contributed by atoms with Crippen LogP contribution >= 0.6 is 11.6 Å². The summed E-state index contributed by atoms with van der Waals surface area (Å²) in [6.45, 7) is 1.91. The quantitative estimate of drug-likeness (QED) is 0.810. The second-order valence-corrected chi connectivity index (χ2v) is 3.82. The van der Waals surface area contributed by atoms with Crippen LogP contribution in [0.5, 0.6) is 0 Å². The standard InChI is InChI=1S/C11H13ClN2/c12-10-3-1-2-9(8-10)4-5-11-13-6-7-14-11/h1-3,8H,4-7H2,(H,13,14). The van der Waals surface area contributed by atoms with E-state index in [4.69, 9.17) is 11.6 Å². The molecule has 0 atom stereocenters. The molecule has 1 aliphatic rings. The van der Waals surface area contributed by atoms with E-state index in [2.05, 4.69) is 16.4 Å². The van der Waals surface area contributed by atoms with Crippen molar-refractivity contribution in [3.8, 4) is 0 Å². The van der Waals surface area contributed by atoms with Crippen molar-refractivity contribution in [2.75, 3.05) is 13.1 Å². The second-order valence-electron chi connectivity index (χ2n) is 3.39. The minimum Gasteiger partial charge on any atom is -0.372 e. The van der Waals surface area contributed by atoms with Crippen molar-refractivity contribution >= 4 is 17.4 Å². The summed E-state index contributed by atoms with van der Waals surface area (Å²) in [7, 11) is 0. The first-order chi connectivity index (χ1) is 6.84. The summed E-state index contributed by atoms with van der Waals surface area (Å²) in [5.41, 5.74) is 1.27. The van der Waals surface area contributed by atoms with Crippen LogP contribution in [-0.4, -0.2) is 18.9 Å². The van der Waals surface area contributed by atoms with Gasteiger partial charge in [-0.2, -0.15) is 0 Å². The average molecular weight is 209 g/mol. The highest BCUT2D eigenvalue weighted by molar-refractivity contribution is 6.30. The van der Waals surface area contributed by atoms with Gasteiger partial charge in [0.15, 0.2) is 0 Å². The van der Waals surface area contributed by atoms with Gasteiger partial charge >= 0.3 is 0 Å². The Morgan fingerprint density at radius 1 is 1.36 bits per heavy atom. The fraction of sp³-hybridized carbons (Fsp3) is 0.364. The van der Waals surface area contributed by atoms with Gasteiger partial charge in [0.25, 0.3) is 0 Å². The third-order valence-corrected chi connectivity index (χ3v) is 2.52. The van der Waals surface area contributed by atoms with Crippen LogP contribution < -0.4 is 5.32 Å². The molecule has 1 aromatic rings. The smallest absolute Gasteiger partial charge is 0.0967 e. The number of rotatable bonds is 3. The molecule has 14 heavy (non-hydrogen) atoms. The summed E-state index contributed by atoms with van der Waals surface area (Å²) < 4.78 is 0. The van der Waals surface area contributed by atoms with Gasteiger partial charge in [0.05, 0.1) is 12.4 Å². The molecule has 0 amide bonds. The molecule has 3 heteroatoms. The van der Waals surface area contributed by atoms with Gasteiger partial charge in [-0.25, -0.2) is 0 Å². The Balaban J connectivity index is 1.91. The van der Waals surface area contributed by atoms with Gasteiger partial charge in [-0.1, -0.05) is 23.7 Å². The van der Waals surface area contributed by atoms with E-state index in [0.717, 1.165) is 36.8 Å². The molecular formula is C11H13ClN2. The Bertz CT molecular complexity index is 347. The van der Waals surface area contributed by atoms with Crippen LogP contribution in [0.1, 0.15) is 12.0 Å². The van der Waals surface area contributed by atoms with E-state index in [1.54, 1.807) is 0 Å². The number of nitrogens with one attached hydrogen (secondary N) is 1. The van der Waals surface area contributed by atoms with Gasteiger partial charge in [0, 0.05) is 18.0 Å². The molecule has 0 aromatic heterocycles. The predicted octanol–water partition coefficient (Wildman–Crippen LogP) is 2.27. The van der Waals surface area contributed by atoms with Crippen LogP contribution in [0.15, 0.2) is 29.3 Å². The molecule has 1 N–H and O–H groups in total. The monoisotopic (exact) mass is 208 g/mol. The summed E-state index contributed by atoms with van der Waals surface area (Å²) in [5, 5.41) is 4.07. The van der Waals surface area contributed by atoms with Gasteiger partial charge < -0.3 is 5.32 Å². The molecule has 0 bridgehead atoms. The van der Waals surface area contributed by atoms with E-state index >= 15 is 0 Å². The Morgan fingerprint density at radius 2 is 2.29 bits per heavy atom. The first-order valence-corrected chi connectivity index (χ1v) is 5.24. The molecule has 1 aromatic carbocycles. The lowest BCUT2D eigenvalue weighted by molar-refractivity contribution is 0.934. The van der Waals surface area contributed by atoms with Gasteiger partial charge in [-0.3, -0.25) is 4.99 Å². The first-order valence-electron chi connectivity index (χ1n) is 4.86. The number of hydrogen-bond donors (Lipinski definition) is 1. The molecule has 74 valence electrons. The SMILES string of the molecule is Clc1cccc(CCC2=NCCN2)c1. The van der Waals surface area contributed by atoms with Crippen LogP contribution in [0.25, 0.3) is 0 Å². The number of halogens is 1. The number of nitrogens with zero attached hydrogens (tertiary/aromatic N) is 1. The molecule has 0 spiro atoms. The Labute approximate surface area is 89.0 Å². The highest BCUT2D eigenvalue weighted by Gasteiger charge is 2.04. The number of aliphatic imine (C=N–C) groups is 1. The summed E-state index contributed by atoms with van der Waals surface area (Å²) in [5.74, 6) is 1.13. The number of aryl methyl sites for hydroxylation is 1. The Morgan fingerprint density at radius 3 is 3.00 bits per heavy atom. The molecule has 0 saturated carbocycles. The zero-order valence-corrected chi connectivity index (χ0v) is 8.72. The van der Waals surface area contributed by atoms with Crippen molar-refractivity contribution in [2.45, 2.75) is 12.8 Å². The van der Waals surface area contributed by atoms with Crippen LogP contribution in [0, 0.1) is 0 Å². The maximum absolute atomic E-state index is 5.89. The predicted molar refractivity (Wildman–Crippen MR) is 60.1 cm³/mol. The maximum atomic E-state index is 5.89. The first kappa shape index (κ1) is 9.53. The fourth-order valence-electron chi connectivity index (χ4n) is 1.57. The molecule has 1 aliphatic heterocycles. The van der Waals surface area contributed by atoms with Crippen molar-refractivity contribution in [1.29, 1.82) is 0 Å². The van der Waals surface area contributed by atoms with Crippen molar-refractivity contribution < 1.29 is 0 Å². The summed E-state index contributed by atoms with van der Waals surface area (Å²) in [6, 6.07) is 8.00. The average Bonchev–Trinajstić information content (AvgIpc) is 2.67. The van der Waals surface area contributed by atoms with E-state index in [0.29, 0.717) is 0 Å². The maximum Gasteiger partial charge on any atom is 0.0967 e. The lowest BCUT2D eigenvalue weighted by Gasteiger charge is -2.02. The summed E-state index contributed by atoms with van der Waals surface area (Å²) in [6.07, 6.45) is 1.99. The zero-order valence-electron chi connectivity index (χ0n) is 7.96. The lowest BCUT2D eigenvalue weighted by Crippen LogP contribution is -2.18. The van der Waals surface area contributed by atoms with Gasteiger partial charge in [0.1, 0.15) is 0 Å². The zero-order chi connectivity index (χ0) is 9.80. The largest absolute Gasteiger partial charge is 0.372 e. The van der Waals surface area contributed by atoms with Crippen molar-refractivity contribution in [2.24, 2.45) is 4.99 Å². The van der Waals surface area contributed by atoms with Crippen molar-refractivity contribution in [3.63, 3.8) is 0 Å². The second kappa shape index (κ2) is 4.47. The molecule has 2 rings (SSSR count). The molecule has 0 radical (unpaired) electrons. The number of amidine groups is 1. The Kier molecular flexibility index (Phi) is 3.04. The van der Waals surface area contributed by atoms with E-state index < -0.39 is 0 Å². The normalized spacial score (nSPS) is 15.1. The van der Waals surface area contributed by atoms with Gasteiger partial charge in [-0.15, -0.1) is 0 Å². The highest BCUT2D eigenvalue weighted by Crippen LogP contribution is 2.12. The van der Waals surface area contributed by atoms with Crippen molar-refractivity contribution in [3.05, 3.63) is 34.9 Å². The van der Waals surface area contributed by atoms with Crippen LogP contribution in [-0.2, 0) is 6.42 Å². The molecule has 0 aliphatic carbocycles. The van der Waals surface area contributed by atoms with E-state index in [1.807, 2.05) is 18.2 Å². The molecule has 0 unspecified atom stereocenters. The topological polar surface area (TPSA) is 24.4 Å². The molecule has 0 fully saturated rings. The van der Waals surface area contributed by atoms with E-state index in [1.165, 1.54) is 5.56 Å². The van der Waals surface area contributed by atoms with Gasteiger partial charge in [-0.05, 0) is 24.1 Å². The third kappa shape index (κ3) is 2.48. The van der Waals surface area contributed by atoms with Crippen LogP contribution in [0.3, 0.4) is 0 Å². The third-order valence-electron chi connectivity index (χ3n) is 2.28. The van der Waals surface area contributed by atoms with E-state index in [-0.39, 0.29) is 0 Å². The number of benzene rings is 1. The molecule has 0 saturated heterocycles. The van der Waals surface area contributed by atoms with E-state index in [9.17, 15) is 0 Å². The summed E-state index contributed by atoms with van der Waals surface area (Å²) in [4.78, 5) is 4.35. The molecular weight excluding hydrogens is 196 g/mol. The number of hydrogen-bond acceptors (Lipinski definition) is 2. The minimum atomic E-state index is 0.809. The van der Waals surface area contributed by atoms with Crippen molar-refractivity contribution in [1.82, 2.24) is 5.32 Å². The lowest BCUT2D eigenvalue weighted by atomic mass is 10.1. The van der Waals surface area contributed by atoms with Crippen LogP contribution in [0.2, 0.25) is 5.02 Å². The minimum absolute atomic E-state index is 0.809. The Hall–Kier alpha value is -1.02. The fourth-order valence-corrected chi connectivity index (χ4v) is 1.78. The highest BCUT2D eigenvalue weighted by atomic mass is 35.5. The molecule has 1 heterocycles. The van der Waals surface area contributed by atoms with Gasteiger partial charge in [0.2, 0.25) is 0 Å². The summed E-state index contributed by atoms with van der Waals surface area (Å²) >= 11 is 5.89. The van der Waals surface area contributed by atoms with Crippen LogP contribution in [0.4, 0.5) is 0 Å².